The third kappa shape index (κ3) is 2.68. The monoisotopic (exact) mass is 235 g/mol. The van der Waals surface area contributed by atoms with Gasteiger partial charge < -0.3 is 20.9 Å². The summed E-state index contributed by atoms with van der Waals surface area (Å²) in [6.07, 6.45) is 1.63. The Labute approximate surface area is 100 Å². The van der Waals surface area contributed by atoms with Crippen molar-refractivity contribution in [1.29, 1.82) is 0 Å². The quantitative estimate of drug-likeness (QED) is 0.306. The molecule has 92 valence electrons. The maximum Gasteiger partial charge on any atom is 0.170 e. The lowest BCUT2D eigenvalue weighted by atomic mass is 10.1. The Hall–Kier alpha value is -1.75. The SMILES string of the molecule is N/C(=N/O)c1ccc(N2CCCC(O)C2)cc1. The Morgan fingerprint density at radius 1 is 1.35 bits per heavy atom. The zero-order valence-corrected chi connectivity index (χ0v) is 9.58. The molecule has 1 atom stereocenters. The highest BCUT2D eigenvalue weighted by molar-refractivity contribution is 5.97. The smallest absolute Gasteiger partial charge is 0.170 e. The number of nitrogens with two attached hydrogens (primary N) is 1. The molecule has 1 saturated heterocycles. The predicted octanol–water partition coefficient (Wildman–Crippen LogP) is 0.742. The Balaban J connectivity index is 2.12. The Morgan fingerprint density at radius 3 is 2.65 bits per heavy atom. The van der Waals surface area contributed by atoms with Gasteiger partial charge in [-0.15, -0.1) is 0 Å². The van der Waals surface area contributed by atoms with Crippen molar-refractivity contribution in [1.82, 2.24) is 0 Å². The average Bonchev–Trinajstić information content (AvgIpc) is 2.38. The fourth-order valence-electron chi connectivity index (χ4n) is 2.09. The maximum atomic E-state index is 9.61. The third-order valence-electron chi connectivity index (χ3n) is 3.03. The van der Waals surface area contributed by atoms with Crippen LogP contribution in [-0.4, -0.2) is 35.3 Å². The van der Waals surface area contributed by atoms with Crippen molar-refractivity contribution in [3.8, 4) is 0 Å². The normalized spacial score (nSPS) is 21.6. The van der Waals surface area contributed by atoms with Crippen LogP contribution in [0, 0.1) is 0 Å². The van der Waals surface area contributed by atoms with E-state index in [-0.39, 0.29) is 11.9 Å². The van der Waals surface area contributed by atoms with Crippen LogP contribution < -0.4 is 10.6 Å². The van der Waals surface area contributed by atoms with Crippen LogP contribution in [0.3, 0.4) is 0 Å². The van der Waals surface area contributed by atoms with E-state index in [1.54, 1.807) is 0 Å². The summed E-state index contributed by atoms with van der Waals surface area (Å²) in [4.78, 5) is 2.14. The van der Waals surface area contributed by atoms with E-state index < -0.39 is 0 Å². The summed E-state index contributed by atoms with van der Waals surface area (Å²) >= 11 is 0. The molecule has 5 heteroatoms. The standard InChI is InChI=1S/C12H17N3O2/c13-12(14-17)9-3-5-10(6-4-9)15-7-1-2-11(16)8-15/h3-6,11,16-17H,1-2,7-8H2,(H2,13,14). The molecule has 0 spiro atoms. The van der Waals surface area contributed by atoms with Crippen molar-refractivity contribution >= 4 is 11.5 Å². The average molecular weight is 235 g/mol. The minimum atomic E-state index is -0.243. The Kier molecular flexibility index (Phi) is 3.49. The minimum absolute atomic E-state index is 0.107. The van der Waals surface area contributed by atoms with Gasteiger partial charge in [-0.1, -0.05) is 5.16 Å². The first kappa shape index (κ1) is 11.7. The van der Waals surface area contributed by atoms with Crippen LogP contribution >= 0.6 is 0 Å². The van der Waals surface area contributed by atoms with E-state index in [0.29, 0.717) is 12.1 Å². The third-order valence-corrected chi connectivity index (χ3v) is 3.03. The molecule has 0 aliphatic carbocycles. The first-order chi connectivity index (χ1) is 8.20. The fraction of sp³-hybridized carbons (Fsp3) is 0.417. The number of hydrogen-bond acceptors (Lipinski definition) is 4. The van der Waals surface area contributed by atoms with Gasteiger partial charge in [0.25, 0.3) is 0 Å². The molecule has 17 heavy (non-hydrogen) atoms. The molecule has 0 saturated carbocycles. The van der Waals surface area contributed by atoms with E-state index in [9.17, 15) is 5.11 Å². The Morgan fingerprint density at radius 2 is 2.06 bits per heavy atom. The van der Waals surface area contributed by atoms with Crippen molar-refractivity contribution < 1.29 is 10.3 Å². The van der Waals surface area contributed by atoms with Crippen molar-refractivity contribution in [3.05, 3.63) is 29.8 Å². The summed E-state index contributed by atoms with van der Waals surface area (Å²) in [7, 11) is 0. The van der Waals surface area contributed by atoms with E-state index >= 15 is 0 Å². The number of aliphatic hydroxyl groups is 1. The predicted molar refractivity (Wildman–Crippen MR) is 66.4 cm³/mol. The van der Waals surface area contributed by atoms with Gasteiger partial charge >= 0.3 is 0 Å². The molecule has 1 fully saturated rings. The van der Waals surface area contributed by atoms with Gasteiger partial charge in [0.2, 0.25) is 0 Å². The summed E-state index contributed by atoms with van der Waals surface area (Å²) in [5.74, 6) is 0.107. The lowest BCUT2D eigenvalue weighted by Gasteiger charge is -2.32. The highest BCUT2D eigenvalue weighted by Gasteiger charge is 2.17. The molecular formula is C12H17N3O2. The van der Waals surface area contributed by atoms with E-state index in [1.165, 1.54) is 0 Å². The second-order valence-electron chi connectivity index (χ2n) is 4.27. The molecule has 4 N–H and O–H groups in total. The van der Waals surface area contributed by atoms with Gasteiger partial charge in [0.1, 0.15) is 0 Å². The molecule has 1 aromatic rings. The number of oxime groups is 1. The second kappa shape index (κ2) is 5.05. The summed E-state index contributed by atoms with van der Waals surface area (Å²) in [6, 6.07) is 7.47. The number of benzene rings is 1. The first-order valence-corrected chi connectivity index (χ1v) is 5.71. The van der Waals surface area contributed by atoms with Gasteiger partial charge in [0, 0.05) is 24.3 Å². The highest BCUT2D eigenvalue weighted by atomic mass is 16.4. The number of rotatable bonds is 2. The number of amidine groups is 1. The van der Waals surface area contributed by atoms with Crippen LogP contribution in [0.2, 0.25) is 0 Å². The topological polar surface area (TPSA) is 82.1 Å². The van der Waals surface area contributed by atoms with Crippen LogP contribution in [0.25, 0.3) is 0 Å². The maximum absolute atomic E-state index is 9.61. The number of nitrogens with zero attached hydrogens (tertiary/aromatic N) is 2. The lowest BCUT2D eigenvalue weighted by Crippen LogP contribution is -2.38. The largest absolute Gasteiger partial charge is 0.409 e. The van der Waals surface area contributed by atoms with E-state index in [0.717, 1.165) is 25.1 Å². The van der Waals surface area contributed by atoms with Crippen molar-refractivity contribution in [2.24, 2.45) is 10.9 Å². The van der Waals surface area contributed by atoms with Gasteiger partial charge in [-0.3, -0.25) is 0 Å². The van der Waals surface area contributed by atoms with Crippen molar-refractivity contribution in [3.63, 3.8) is 0 Å². The number of piperidine rings is 1. The number of β-amino-alcohol motifs (C(OH)–C–C–N with tert-alkyl or cyclic N) is 1. The molecule has 5 nitrogen and oxygen atoms in total. The van der Waals surface area contributed by atoms with Crippen LogP contribution in [0.1, 0.15) is 18.4 Å². The van der Waals surface area contributed by atoms with E-state index in [4.69, 9.17) is 10.9 Å². The van der Waals surface area contributed by atoms with Crippen molar-refractivity contribution in [2.75, 3.05) is 18.0 Å². The molecule has 2 rings (SSSR count). The van der Waals surface area contributed by atoms with Gasteiger partial charge in [0.05, 0.1) is 6.10 Å². The number of anilines is 1. The molecule has 0 aromatic heterocycles. The Bertz CT molecular complexity index is 403. The highest BCUT2D eigenvalue weighted by Crippen LogP contribution is 2.20. The minimum Gasteiger partial charge on any atom is -0.409 e. The molecule has 0 amide bonds. The molecule has 1 unspecified atom stereocenters. The molecule has 1 heterocycles. The van der Waals surface area contributed by atoms with E-state index in [1.807, 2.05) is 24.3 Å². The molecule has 1 aliphatic heterocycles. The molecule has 1 aromatic carbocycles. The van der Waals surface area contributed by atoms with Crippen LogP contribution in [-0.2, 0) is 0 Å². The van der Waals surface area contributed by atoms with Gasteiger partial charge in [-0.2, -0.15) is 0 Å². The molecule has 1 aliphatic rings. The van der Waals surface area contributed by atoms with Crippen LogP contribution in [0.15, 0.2) is 29.4 Å². The second-order valence-corrected chi connectivity index (χ2v) is 4.27. The molecule has 0 bridgehead atoms. The summed E-state index contributed by atoms with van der Waals surface area (Å²) < 4.78 is 0. The molecular weight excluding hydrogens is 218 g/mol. The van der Waals surface area contributed by atoms with E-state index in [2.05, 4.69) is 10.1 Å². The van der Waals surface area contributed by atoms with Crippen LogP contribution in [0.4, 0.5) is 5.69 Å². The summed E-state index contributed by atoms with van der Waals surface area (Å²) in [6.45, 7) is 1.63. The number of hydrogen-bond donors (Lipinski definition) is 3. The van der Waals surface area contributed by atoms with Crippen LogP contribution in [0.5, 0.6) is 0 Å². The summed E-state index contributed by atoms with van der Waals surface area (Å²) in [5, 5.41) is 21.1. The van der Waals surface area contributed by atoms with Gasteiger partial charge in [-0.05, 0) is 37.1 Å². The van der Waals surface area contributed by atoms with Crippen molar-refractivity contribution in [2.45, 2.75) is 18.9 Å². The summed E-state index contributed by atoms with van der Waals surface area (Å²) in [5.41, 5.74) is 7.23. The van der Waals surface area contributed by atoms with Gasteiger partial charge in [-0.25, -0.2) is 0 Å². The van der Waals surface area contributed by atoms with Gasteiger partial charge in [0.15, 0.2) is 5.84 Å². The zero-order chi connectivity index (χ0) is 12.3. The molecule has 0 radical (unpaired) electrons. The zero-order valence-electron chi connectivity index (χ0n) is 9.58. The lowest BCUT2D eigenvalue weighted by molar-refractivity contribution is 0.154. The fourth-order valence-corrected chi connectivity index (χ4v) is 2.09. The number of aliphatic hydroxyl groups excluding tert-OH is 1. The first-order valence-electron chi connectivity index (χ1n) is 5.71.